The van der Waals surface area contributed by atoms with Crippen molar-refractivity contribution in [3.63, 3.8) is 0 Å². The minimum Gasteiger partial charge on any atom is -0.378 e. The lowest BCUT2D eigenvalue weighted by atomic mass is 9.92. The van der Waals surface area contributed by atoms with Crippen molar-refractivity contribution in [2.24, 2.45) is 11.8 Å². The molecule has 0 spiro atoms. The first-order valence-corrected chi connectivity index (χ1v) is 8.77. The minimum absolute atomic E-state index is 0.0311. The van der Waals surface area contributed by atoms with Crippen LogP contribution in [0.2, 0.25) is 0 Å². The molecule has 1 aromatic heterocycles. The van der Waals surface area contributed by atoms with E-state index in [1.165, 1.54) is 6.42 Å². The van der Waals surface area contributed by atoms with E-state index in [4.69, 9.17) is 5.73 Å². The Bertz CT molecular complexity index is 607. The standard InChI is InChI=1S/C16H26N6O2/c1-11-8-12(2)10-21(9-11)15-13(22(23)24)14(17)18-16(19-15)20-6-4-3-5-7-20/h11-12H,3-10H2,1-2H3,(H2,17,18,19). The van der Waals surface area contributed by atoms with Crippen LogP contribution < -0.4 is 15.5 Å². The van der Waals surface area contributed by atoms with Crippen molar-refractivity contribution in [3.05, 3.63) is 10.1 Å². The van der Waals surface area contributed by atoms with Gasteiger partial charge >= 0.3 is 5.69 Å². The first-order chi connectivity index (χ1) is 11.5. The Kier molecular flexibility index (Phi) is 4.73. The number of aromatic nitrogens is 2. The number of nitrogens with two attached hydrogens (primary N) is 1. The van der Waals surface area contributed by atoms with Crippen molar-refractivity contribution in [3.8, 4) is 0 Å². The second-order valence-corrected chi connectivity index (χ2v) is 7.24. The summed E-state index contributed by atoms with van der Waals surface area (Å²) in [4.78, 5) is 24.0. The summed E-state index contributed by atoms with van der Waals surface area (Å²) >= 11 is 0. The molecule has 3 heterocycles. The van der Waals surface area contributed by atoms with Crippen molar-refractivity contribution in [1.29, 1.82) is 0 Å². The lowest BCUT2D eigenvalue weighted by molar-refractivity contribution is -0.383. The van der Waals surface area contributed by atoms with Gasteiger partial charge in [-0.1, -0.05) is 13.8 Å². The van der Waals surface area contributed by atoms with Crippen LogP contribution in [0, 0.1) is 22.0 Å². The van der Waals surface area contributed by atoms with E-state index >= 15 is 0 Å². The van der Waals surface area contributed by atoms with E-state index in [9.17, 15) is 10.1 Å². The normalized spacial score (nSPS) is 24.9. The van der Waals surface area contributed by atoms with Crippen molar-refractivity contribution >= 4 is 23.3 Å². The van der Waals surface area contributed by atoms with Gasteiger partial charge in [-0.3, -0.25) is 10.1 Å². The Balaban J connectivity index is 2.00. The number of rotatable bonds is 3. The zero-order valence-electron chi connectivity index (χ0n) is 14.4. The number of nitro groups is 1. The molecule has 0 saturated carbocycles. The Labute approximate surface area is 142 Å². The molecule has 0 aliphatic carbocycles. The van der Waals surface area contributed by atoms with Crippen LogP contribution in [0.5, 0.6) is 0 Å². The average Bonchev–Trinajstić information content (AvgIpc) is 2.53. The monoisotopic (exact) mass is 334 g/mol. The van der Waals surface area contributed by atoms with Gasteiger partial charge in [0.25, 0.3) is 0 Å². The van der Waals surface area contributed by atoms with Crippen molar-refractivity contribution in [2.75, 3.05) is 41.7 Å². The fourth-order valence-electron chi connectivity index (χ4n) is 3.91. The lowest BCUT2D eigenvalue weighted by Gasteiger charge is -2.36. The van der Waals surface area contributed by atoms with E-state index in [1.54, 1.807) is 0 Å². The Morgan fingerprint density at radius 2 is 1.71 bits per heavy atom. The molecule has 0 amide bonds. The summed E-state index contributed by atoms with van der Waals surface area (Å²) < 4.78 is 0. The van der Waals surface area contributed by atoms with Crippen LogP contribution in [0.1, 0.15) is 39.5 Å². The van der Waals surface area contributed by atoms with Crippen LogP contribution in [-0.4, -0.2) is 41.1 Å². The lowest BCUT2D eigenvalue weighted by Crippen LogP contribution is -2.40. The molecular formula is C16H26N6O2. The fraction of sp³-hybridized carbons (Fsp3) is 0.750. The first-order valence-electron chi connectivity index (χ1n) is 8.77. The van der Waals surface area contributed by atoms with Crippen LogP contribution in [0.3, 0.4) is 0 Å². The third-order valence-electron chi connectivity index (χ3n) is 4.87. The quantitative estimate of drug-likeness (QED) is 0.669. The SMILES string of the molecule is CC1CC(C)CN(c2nc(N3CCCCC3)nc(N)c2[N+](=O)[O-])C1. The summed E-state index contributed by atoms with van der Waals surface area (Å²) in [5.41, 5.74) is 5.80. The van der Waals surface area contributed by atoms with Crippen molar-refractivity contribution in [2.45, 2.75) is 39.5 Å². The third kappa shape index (κ3) is 3.37. The number of nitrogen functional groups attached to an aromatic ring is 1. The third-order valence-corrected chi connectivity index (χ3v) is 4.87. The average molecular weight is 334 g/mol. The molecule has 8 nitrogen and oxygen atoms in total. The van der Waals surface area contributed by atoms with E-state index < -0.39 is 4.92 Å². The molecule has 0 aromatic carbocycles. The highest BCUT2D eigenvalue weighted by Crippen LogP contribution is 2.36. The summed E-state index contributed by atoms with van der Waals surface area (Å²) in [5, 5.41) is 11.5. The van der Waals surface area contributed by atoms with Crippen molar-refractivity contribution in [1.82, 2.24) is 9.97 Å². The molecule has 2 atom stereocenters. The second kappa shape index (κ2) is 6.78. The molecular weight excluding hydrogens is 308 g/mol. The van der Waals surface area contributed by atoms with Gasteiger partial charge in [-0.2, -0.15) is 9.97 Å². The minimum atomic E-state index is -0.450. The van der Waals surface area contributed by atoms with Gasteiger partial charge in [0.1, 0.15) is 0 Å². The molecule has 2 aliphatic rings. The summed E-state index contributed by atoms with van der Waals surface area (Å²) in [6, 6.07) is 0. The molecule has 0 radical (unpaired) electrons. The topological polar surface area (TPSA) is 101 Å². The Morgan fingerprint density at radius 3 is 2.29 bits per heavy atom. The zero-order valence-corrected chi connectivity index (χ0v) is 14.4. The van der Waals surface area contributed by atoms with E-state index in [0.717, 1.165) is 45.4 Å². The highest BCUT2D eigenvalue weighted by atomic mass is 16.6. The van der Waals surface area contributed by atoms with Crippen LogP contribution in [0.25, 0.3) is 0 Å². The summed E-state index contributed by atoms with van der Waals surface area (Å²) in [6.07, 6.45) is 4.51. The fourth-order valence-corrected chi connectivity index (χ4v) is 3.91. The van der Waals surface area contributed by atoms with E-state index in [2.05, 4.69) is 28.7 Å². The highest BCUT2D eigenvalue weighted by Gasteiger charge is 2.32. The smallest absolute Gasteiger partial charge is 0.353 e. The molecule has 2 N–H and O–H groups in total. The molecule has 8 heteroatoms. The van der Waals surface area contributed by atoms with Crippen LogP contribution in [-0.2, 0) is 0 Å². The van der Waals surface area contributed by atoms with Crippen LogP contribution in [0.4, 0.5) is 23.3 Å². The molecule has 1 aromatic rings. The number of hydrogen-bond donors (Lipinski definition) is 1. The van der Waals surface area contributed by atoms with Gasteiger partial charge in [0.2, 0.25) is 17.6 Å². The van der Waals surface area contributed by atoms with Crippen molar-refractivity contribution < 1.29 is 4.92 Å². The van der Waals surface area contributed by atoms with E-state index in [1.807, 2.05) is 4.90 Å². The molecule has 2 aliphatic heterocycles. The molecule has 2 fully saturated rings. The number of hydrogen-bond acceptors (Lipinski definition) is 7. The van der Waals surface area contributed by atoms with Gasteiger partial charge in [0.05, 0.1) is 4.92 Å². The van der Waals surface area contributed by atoms with E-state index in [-0.39, 0.29) is 11.5 Å². The van der Waals surface area contributed by atoms with Crippen LogP contribution in [0.15, 0.2) is 0 Å². The van der Waals surface area contributed by atoms with Gasteiger partial charge in [-0.15, -0.1) is 0 Å². The highest BCUT2D eigenvalue weighted by molar-refractivity contribution is 5.71. The van der Waals surface area contributed by atoms with Gasteiger partial charge in [-0.05, 0) is 37.5 Å². The molecule has 0 bridgehead atoms. The molecule has 24 heavy (non-hydrogen) atoms. The number of anilines is 3. The van der Waals surface area contributed by atoms with Crippen LogP contribution >= 0.6 is 0 Å². The Hall–Kier alpha value is -2.12. The summed E-state index contributed by atoms with van der Waals surface area (Å²) in [5.74, 6) is 1.83. The maximum atomic E-state index is 11.5. The van der Waals surface area contributed by atoms with Gasteiger partial charge in [0.15, 0.2) is 0 Å². The van der Waals surface area contributed by atoms with Gasteiger partial charge < -0.3 is 15.5 Å². The second-order valence-electron chi connectivity index (χ2n) is 7.24. The molecule has 2 unspecified atom stereocenters. The first kappa shape index (κ1) is 16.7. The molecule has 3 rings (SSSR count). The predicted molar refractivity (Wildman–Crippen MR) is 94.3 cm³/mol. The van der Waals surface area contributed by atoms with E-state index in [0.29, 0.717) is 23.6 Å². The maximum absolute atomic E-state index is 11.5. The Morgan fingerprint density at radius 1 is 1.08 bits per heavy atom. The largest absolute Gasteiger partial charge is 0.378 e. The summed E-state index contributed by atoms with van der Waals surface area (Å²) in [6.45, 7) is 7.63. The maximum Gasteiger partial charge on any atom is 0.353 e. The molecule has 132 valence electrons. The number of nitrogens with zero attached hydrogens (tertiary/aromatic N) is 5. The zero-order chi connectivity index (χ0) is 17.3. The predicted octanol–water partition coefficient (Wildman–Crippen LogP) is 2.44. The number of piperidine rings is 2. The van der Waals surface area contributed by atoms with Gasteiger partial charge in [-0.25, -0.2) is 0 Å². The summed E-state index contributed by atoms with van der Waals surface area (Å²) in [7, 11) is 0. The van der Waals surface area contributed by atoms with Gasteiger partial charge in [0, 0.05) is 26.2 Å². The molecule has 2 saturated heterocycles.